The average molecular weight is 251 g/mol. The predicted octanol–water partition coefficient (Wildman–Crippen LogP) is 0.738. The molecule has 1 amide bonds. The van der Waals surface area contributed by atoms with Crippen LogP contribution in [-0.2, 0) is 4.79 Å². The standard InChI is InChI=1S/C12H10FNO4/c1-2-3-9(12(17)18)14-11(16)8-6-7(13)4-5-10(8)15/h1,4-6,9,15H,3H2,(H,14,16)(H,17,18). The zero-order valence-corrected chi connectivity index (χ0v) is 9.18. The second-order valence-corrected chi connectivity index (χ2v) is 3.43. The SMILES string of the molecule is C#CCC(NC(=O)c1cc(F)ccc1O)C(=O)O. The van der Waals surface area contributed by atoms with Crippen molar-refractivity contribution >= 4 is 11.9 Å². The first-order chi connectivity index (χ1) is 8.45. The molecule has 94 valence electrons. The molecule has 0 spiro atoms. The van der Waals surface area contributed by atoms with E-state index in [0.717, 1.165) is 18.2 Å². The van der Waals surface area contributed by atoms with Crippen LogP contribution in [0.2, 0.25) is 0 Å². The molecule has 3 N–H and O–H groups in total. The summed E-state index contributed by atoms with van der Waals surface area (Å²) in [4.78, 5) is 22.4. The average Bonchev–Trinajstić information content (AvgIpc) is 2.31. The largest absolute Gasteiger partial charge is 0.507 e. The maximum absolute atomic E-state index is 12.9. The fourth-order valence-electron chi connectivity index (χ4n) is 1.24. The number of benzene rings is 1. The summed E-state index contributed by atoms with van der Waals surface area (Å²) in [6.07, 6.45) is 4.75. The van der Waals surface area contributed by atoms with E-state index in [1.165, 1.54) is 0 Å². The van der Waals surface area contributed by atoms with Gasteiger partial charge in [0.1, 0.15) is 17.6 Å². The maximum atomic E-state index is 12.9. The topological polar surface area (TPSA) is 86.6 Å². The summed E-state index contributed by atoms with van der Waals surface area (Å²) >= 11 is 0. The van der Waals surface area contributed by atoms with Gasteiger partial charge in [0.25, 0.3) is 5.91 Å². The van der Waals surface area contributed by atoms with Gasteiger partial charge in [0, 0.05) is 6.42 Å². The molecule has 0 saturated carbocycles. The van der Waals surface area contributed by atoms with Gasteiger partial charge in [0.05, 0.1) is 5.56 Å². The van der Waals surface area contributed by atoms with Crippen LogP contribution in [0.3, 0.4) is 0 Å². The smallest absolute Gasteiger partial charge is 0.327 e. The number of aromatic hydroxyl groups is 1. The van der Waals surface area contributed by atoms with Crippen molar-refractivity contribution in [3.63, 3.8) is 0 Å². The molecule has 1 aromatic rings. The van der Waals surface area contributed by atoms with Gasteiger partial charge in [-0.25, -0.2) is 9.18 Å². The van der Waals surface area contributed by atoms with E-state index in [2.05, 4.69) is 11.2 Å². The number of carbonyl (C=O) groups excluding carboxylic acids is 1. The number of carboxylic acid groups (broad SMARTS) is 1. The molecule has 1 aromatic carbocycles. The lowest BCUT2D eigenvalue weighted by Gasteiger charge is -2.12. The monoisotopic (exact) mass is 251 g/mol. The Labute approximate surface area is 102 Å². The van der Waals surface area contributed by atoms with E-state index in [4.69, 9.17) is 11.5 Å². The van der Waals surface area contributed by atoms with E-state index < -0.39 is 29.5 Å². The van der Waals surface area contributed by atoms with Crippen molar-refractivity contribution in [2.75, 3.05) is 0 Å². The Bertz CT molecular complexity index is 521. The van der Waals surface area contributed by atoms with Crippen LogP contribution in [0.1, 0.15) is 16.8 Å². The van der Waals surface area contributed by atoms with Crippen LogP contribution < -0.4 is 5.32 Å². The lowest BCUT2D eigenvalue weighted by molar-refractivity contribution is -0.139. The first-order valence-corrected chi connectivity index (χ1v) is 4.91. The Morgan fingerprint density at radius 3 is 2.72 bits per heavy atom. The van der Waals surface area contributed by atoms with Crippen LogP contribution >= 0.6 is 0 Å². The van der Waals surface area contributed by atoms with E-state index >= 15 is 0 Å². The first kappa shape index (κ1) is 13.5. The second kappa shape index (κ2) is 5.68. The Morgan fingerprint density at radius 2 is 2.17 bits per heavy atom. The van der Waals surface area contributed by atoms with Crippen LogP contribution in [0, 0.1) is 18.2 Å². The van der Waals surface area contributed by atoms with Crippen LogP contribution in [0.15, 0.2) is 18.2 Å². The highest BCUT2D eigenvalue weighted by Crippen LogP contribution is 2.17. The Morgan fingerprint density at radius 1 is 1.50 bits per heavy atom. The van der Waals surface area contributed by atoms with Gasteiger partial charge in [0.2, 0.25) is 0 Å². The minimum Gasteiger partial charge on any atom is -0.507 e. The third-order valence-electron chi connectivity index (χ3n) is 2.13. The number of aliphatic carboxylic acids is 1. The minimum atomic E-state index is -1.31. The van der Waals surface area contributed by atoms with Crippen molar-refractivity contribution in [3.05, 3.63) is 29.6 Å². The lowest BCUT2D eigenvalue weighted by atomic mass is 10.1. The number of phenolic OH excluding ortho intramolecular Hbond substituents is 1. The molecule has 0 aliphatic rings. The van der Waals surface area contributed by atoms with Crippen molar-refractivity contribution < 1.29 is 24.2 Å². The molecule has 0 radical (unpaired) electrons. The summed E-state index contributed by atoms with van der Waals surface area (Å²) in [5.74, 6) is -1.28. The van der Waals surface area contributed by atoms with Gasteiger partial charge < -0.3 is 15.5 Å². The van der Waals surface area contributed by atoms with Gasteiger partial charge >= 0.3 is 5.97 Å². The van der Waals surface area contributed by atoms with Gasteiger partial charge in [-0.15, -0.1) is 12.3 Å². The van der Waals surface area contributed by atoms with E-state index in [9.17, 15) is 19.1 Å². The molecule has 1 rings (SSSR count). The summed E-state index contributed by atoms with van der Waals surface area (Å²) in [7, 11) is 0. The Kier molecular flexibility index (Phi) is 4.27. The predicted molar refractivity (Wildman–Crippen MR) is 60.4 cm³/mol. The summed E-state index contributed by atoms with van der Waals surface area (Å²) in [5, 5.41) is 20.2. The number of hydrogen-bond donors (Lipinski definition) is 3. The summed E-state index contributed by atoms with van der Waals surface area (Å²) in [5.41, 5.74) is -0.349. The van der Waals surface area contributed by atoms with E-state index in [1.807, 2.05) is 0 Å². The number of rotatable bonds is 4. The van der Waals surface area contributed by atoms with Crippen molar-refractivity contribution in [2.45, 2.75) is 12.5 Å². The third-order valence-corrected chi connectivity index (χ3v) is 2.13. The van der Waals surface area contributed by atoms with Gasteiger partial charge in [-0.3, -0.25) is 4.79 Å². The number of terminal acetylenes is 1. The molecular formula is C12H10FNO4. The highest BCUT2D eigenvalue weighted by atomic mass is 19.1. The third kappa shape index (κ3) is 3.22. The van der Waals surface area contributed by atoms with Gasteiger partial charge in [-0.2, -0.15) is 0 Å². The molecule has 0 fully saturated rings. The summed E-state index contributed by atoms with van der Waals surface area (Å²) in [6.45, 7) is 0. The maximum Gasteiger partial charge on any atom is 0.327 e. The number of phenols is 1. The number of carboxylic acids is 1. The fraction of sp³-hybridized carbons (Fsp3) is 0.167. The zero-order valence-electron chi connectivity index (χ0n) is 9.18. The summed E-state index contributed by atoms with van der Waals surface area (Å²) < 4.78 is 12.9. The Hall–Kier alpha value is -2.55. The molecule has 6 heteroatoms. The number of amides is 1. The van der Waals surface area contributed by atoms with Crippen LogP contribution in [0.25, 0.3) is 0 Å². The summed E-state index contributed by atoms with van der Waals surface area (Å²) in [6, 6.07) is 1.49. The van der Waals surface area contributed by atoms with Gasteiger partial charge in [-0.05, 0) is 18.2 Å². The molecule has 1 atom stereocenters. The van der Waals surface area contributed by atoms with Crippen molar-refractivity contribution in [2.24, 2.45) is 0 Å². The molecule has 1 unspecified atom stereocenters. The molecule has 0 saturated heterocycles. The van der Waals surface area contributed by atoms with Gasteiger partial charge in [0.15, 0.2) is 0 Å². The van der Waals surface area contributed by atoms with E-state index in [1.54, 1.807) is 0 Å². The van der Waals surface area contributed by atoms with Crippen LogP contribution in [0.4, 0.5) is 4.39 Å². The van der Waals surface area contributed by atoms with Crippen molar-refractivity contribution in [3.8, 4) is 18.1 Å². The number of nitrogens with one attached hydrogen (secondary N) is 1. The molecule has 0 aliphatic carbocycles. The van der Waals surface area contributed by atoms with Crippen molar-refractivity contribution in [1.82, 2.24) is 5.32 Å². The van der Waals surface area contributed by atoms with E-state index in [0.29, 0.717) is 0 Å². The second-order valence-electron chi connectivity index (χ2n) is 3.43. The van der Waals surface area contributed by atoms with Gasteiger partial charge in [-0.1, -0.05) is 0 Å². The molecule has 18 heavy (non-hydrogen) atoms. The van der Waals surface area contributed by atoms with Crippen LogP contribution in [0.5, 0.6) is 5.75 Å². The molecule has 0 aliphatic heterocycles. The number of carbonyl (C=O) groups is 2. The normalized spacial score (nSPS) is 11.3. The van der Waals surface area contributed by atoms with E-state index in [-0.39, 0.29) is 12.0 Å². The zero-order chi connectivity index (χ0) is 13.7. The molecule has 0 aromatic heterocycles. The highest BCUT2D eigenvalue weighted by Gasteiger charge is 2.21. The minimum absolute atomic E-state index is 0.211. The Balaban J connectivity index is 2.91. The quantitative estimate of drug-likeness (QED) is 0.689. The van der Waals surface area contributed by atoms with Crippen molar-refractivity contribution in [1.29, 1.82) is 0 Å². The van der Waals surface area contributed by atoms with Crippen LogP contribution in [-0.4, -0.2) is 28.1 Å². The molecule has 0 bridgehead atoms. The first-order valence-electron chi connectivity index (χ1n) is 4.91. The fourth-order valence-corrected chi connectivity index (χ4v) is 1.24. The molecular weight excluding hydrogens is 241 g/mol. The number of hydrogen-bond acceptors (Lipinski definition) is 3. The number of halogens is 1. The molecule has 0 heterocycles. The molecule has 5 nitrogen and oxygen atoms in total. The highest BCUT2D eigenvalue weighted by molar-refractivity contribution is 5.98. The lowest BCUT2D eigenvalue weighted by Crippen LogP contribution is -2.40.